The molecule has 0 bridgehead atoms. The van der Waals surface area contributed by atoms with Crippen LogP contribution in [-0.4, -0.2) is 19.0 Å². The lowest BCUT2D eigenvalue weighted by molar-refractivity contribution is -0.115. The first-order valence-electron chi connectivity index (χ1n) is 6.09. The Morgan fingerprint density at radius 3 is 2.45 bits per heavy atom. The molecular formula is C13H16Cl2FN3O. The third-order valence-corrected chi connectivity index (χ3v) is 3.12. The number of likely N-dealkylation sites (N-methyl/N-ethyl adjacent to an activating group) is 1. The van der Waals surface area contributed by atoms with E-state index in [2.05, 4.69) is 10.6 Å². The molecule has 0 saturated heterocycles. The van der Waals surface area contributed by atoms with Crippen molar-refractivity contribution in [2.45, 2.75) is 13.8 Å². The van der Waals surface area contributed by atoms with E-state index in [9.17, 15) is 9.18 Å². The van der Waals surface area contributed by atoms with Crippen molar-refractivity contribution in [3.8, 4) is 0 Å². The molecule has 0 radical (unpaired) electrons. The summed E-state index contributed by atoms with van der Waals surface area (Å²) in [6.07, 6.45) is 0. The van der Waals surface area contributed by atoms with Crippen LogP contribution in [0.1, 0.15) is 19.4 Å². The SMILES string of the molecule is CCNC(=O)/C(=C(/Cl)NCC)c1cc(N)c(Cl)cc1F. The van der Waals surface area contributed by atoms with Crippen LogP contribution in [0, 0.1) is 5.82 Å². The molecule has 0 aromatic heterocycles. The summed E-state index contributed by atoms with van der Waals surface area (Å²) in [7, 11) is 0. The van der Waals surface area contributed by atoms with Gasteiger partial charge in [-0.05, 0) is 26.0 Å². The van der Waals surface area contributed by atoms with Gasteiger partial charge in [0.05, 0.1) is 16.3 Å². The van der Waals surface area contributed by atoms with Gasteiger partial charge in [-0.25, -0.2) is 4.39 Å². The van der Waals surface area contributed by atoms with Crippen molar-refractivity contribution < 1.29 is 9.18 Å². The topological polar surface area (TPSA) is 67.2 Å². The molecule has 20 heavy (non-hydrogen) atoms. The molecule has 4 nitrogen and oxygen atoms in total. The number of rotatable bonds is 5. The van der Waals surface area contributed by atoms with Gasteiger partial charge in [0.25, 0.3) is 5.91 Å². The number of halogens is 3. The van der Waals surface area contributed by atoms with Gasteiger partial charge in [0.15, 0.2) is 0 Å². The van der Waals surface area contributed by atoms with Crippen molar-refractivity contribution >= 4 is 40.4 Å². The Hall–Kier alpha value is -1.46. The molecule has 0 atom stereocenters. The van der Waals surface area contributed by atoms with Gasteiger partial charge in [0.2, 0.25) is 0 Å². The van der Waals surface area contributed by atoms with E-state index in [0.29, 0.717) is 13.1 Å². The zero-order chi connectivity index (χ0) is 15.3. The predicted molar refractivity (Wildman–Crippen MR) is 81.0 cm³/mol. The van der Waals surface area contributed by atoms with Crippen molar-refractivity contribution in [2.75, 3.05) is 18.8 Å². The molecule has 4 N–H and O–H groups in total. The van der Waals surface area contributed by atoms with Crippen LogP contribution in [0.15, 0.2) is 17.3 Å². The zero-order valence-corrected chi connectivity index (χ0v) is 12.7. The fourth-order valence-corrected chi connectivity index (χ4v) is 2.06. The Morgan fingerprint density at radius 2 is 1.90 bits per heavy atom. The molecule has 1 rings (SSSR count). The van der Waals surface area contributed by atoms with E-state index >= 15 is 0 Å². The quantitative estimate of drug-likeness (QED) is 0.444. The van der Waals surface area contributed by atoms with Gasteiger partial charge in [0, 0.05) is 18.7 Å². The second kappa shape index (κ2) is 7.36. The van der Waals surface area contributed by atoms with Crippen molar-refractivity contribution in [1.82, 2.24) is 10.6 Å². The van der Waals surface area contributed by atoms with E-state index in [1.807, 2.05) is 6.92 Å². The monoisotopic (exact) mass is 319 g/mol. The Morgan fingerprint density at radius 1 is 1.30 bits per heavy atom. The number of carbonyl (C=O) groups is 1. The van der Waals surface area contributed by atoms with Crippen molar-refractivity contribution in [2.24, 2.45) is 0 Å². The minimum Gasteiger partial charge on any atom is -0.398 e. The lowest BCUT2D eigenvalue weighted by Crippen LogP contribution is -2.27. The number of amides is 1. The molecule has 110 valence electrons. The first kappa shape index (κ1) is 16.6. The number of nitrogen functional groups attached to an aromatic ring is 1. The Labute approximate surface area is 127 Å². The first-order valence-corrected chi connectivity index (χ1v) is 6.84. The van der Waals surface area contributed by atoms with Crippen molar-refractivity contribution in [3.05, 3.63) is 33.7 Å². The van der Waals surface area contributed by atoms with Crippen molar-refractivity contribution in [1.29, 1.82) is 0 Å². The van der Waals surface area contributed by atoms with E-state index in [1.165, 1.54) is 6.07 Å². The lowest BCUT2D eigenvalue weighted by atomic mass is 10.0. The Kier molecular flexibility index (Phi) is 6.10. The fourth-order valence-electron chi connectivity index (χ4n) is 1.59. The summed E-state index contributed by atoms with van der Waals surface area (Å²) < 4.78 is 14.0. The third kappa shape index (κ3) is 3.77. The zero-order valence-electron chi connectivity index (χ0n) is 11.2. The van der Waals surface area contributed by atoms with Crippen LogP contribution in [0.2, 0.25) is 5.02 Å². The van der Waals surface area contributed by atoms with Gasteiger partial charge in [-0.1, -0.05) is 23.2 Å². The molecule has 0 heterocycles. The van der Waals surface area contributed by atoms with Crippen molar-refractivity contribution in [3.63, 3.8) is 0 Å². The second-order valence-corrected chi connectivity index (χ2v) is 4.72. The van der Waals surface area contributed by atoms with Gasteiger partial charge in [-0.2, -0.15) is 0 Å². The molecule has 0 aliphatic rings. The summed E-state index contributed by atoms with van der Waals surface area (Å²) in [5.41, 5.74) is 5.83. The molecular weight excluding hydrogens is 304 g/mol. The van der Waals surface area contributed by atoms with E-state index in [4.69, 9.17) is 28.9 Å². The summed E-state index contributed by atoms with van der Waals surface area (Å²) >= 11 is 11.8. The van der Waals surface area contributed by atoms with Crippen LogP contribution >= 0.6 is 23.2 Å². The molecule has 0 spiro atoms. The molecule has 0 unspecified atom stereocenters. The van der Waals surface area contributed by atoms with Crippen LogP contribution in [0.3, 0.4) is 0 Å². The lowest BCUT2D eigenvalue weighted by Gasteiger charge is -2.13. The molecule has 0 fully saturated rings. The summed E-state index contributed by atoms with van der Waals surface area (Å²) in [6.45, 7) is 4.45. The summed E-state index contributed by atoms with van der Waals surface area (Å²) in [4.78, 5) is 12.1. The molecule has 0 saturated carbocycles. The smallest absolute Gasteiger partial charge is 0.255 e. The van der Waals surface area contributed by atoms with Crippen LogP contribution in [0.5, 0.6) is 0 Å². The highest BCUT2D eigenvalue weighted by atomic mass is 35.5. The number of anilines is 1. The minimum absolute atomic E-state index is 0.00349. The van der Waals surface area contributed by atoms with Gasteiger partial charge < -0.3 is 16.4 Å². The summed E-state index contributed by atoms with van der Waals surface area (Å²) in [5.74, 6) is -1.15. The molecule has 1 aromatic carbocycles. The maximum atomic E-state index is 14.0. The molecule has 0 aliphatic carbocycles. The summed E-state index contributed by atoms with van der Waals surface area (Å²) in [5, 5.41) is 5.51. The maximum absolute atomic E-state index is 14.0. The maximum Gasteiger partial charge on any atom is 0.255 e. The Bertz CT molecular complexity index is 547. The molecule has 1 amide bonds. The number of carbonyl (C=O) groups excluding carboxylic acids is 1. The largest absolute Gasteiger partial charge is 0.398 e. The van der Waals surface area contributed by atoms with E-state index < -0.39 is 11.7 Å². The van der Waals surface area contributed by atoms with Crippen LogP contribution < -0.4 is 16.4 Å². The highest BCUT2D eigenvalue weighted by Crippen LogP contribution is 2.29. The predicted octanol–water partition coefficient (Wildman–Crippen LogP) is 2.71. The minimum atomic E-state index is -0.665. The second-order valence-electron chi connectivity index (χ2n) is 3.93. The Balaban J connectivity index is 3.42. The number of benzene rings is 1. The molecule has 7 heteroatoms. The highest BCUT2D eigenvalue weighted by molar-refractivity contribution is 6.39. The van der Waals surface area contributed by atoms with Gasteiger partial charge in [-0.3, -0.25) is 4.79 Å². The highest BCUT2D eigenvalue weighted by Gasteiger charge is 2.21. The van der Waals surface area contributed by atoms with E-state index in [0.717, 1.165) is 6.07 Å². The van der Waals surface area contributed by atoms with Crippen LogP contribution in [0.4, 0.5) is 10.1 Å². The average Bonchev–Trinajstić information content (AvgIpc) is 2.36. The number of nitrogens with one attached hydrogen (secondary N) is 2. The number of hydrogen-bond acceptors (Lipinski definition) is 3. The first-order chi connectivity index (χ1) is 9.42. The van der Waals surface area contributed by atoms with E-state index in [1.54, 1.807) is 6.92 Å². The normalized spacial score (nSPS) is 11.8. The fraction of sp³-hybridized carbons (Fsp3) is 0.308. The van der Waals surface area contributed by atoms with E-state index in [-0.39, 0.29) is 27.0 Å². The van der Waals surface area contributed by atoms with Crippen LogP contribution in [0.25, 0.3) is 5.57 Å². The summed E-state index contributed by atoms with van der Waals surface area (Å²) in [6, 6.07) is 2.35. The standard InChI is InChI=1S/C13H16Cl2FN3O/c1-3-18-12(15)11(13(20)19-4-2)7-5-10(17)8(14)6-9(7)16/h5-6,18H,3-4,17H2,1-2H3,(H,19,20)/b12-11-. The third-order valence-electron chi connectivity index (χ3n) is 2.47. The molecule has 1 aromatic rings. The molecule has 0 aliphatic heterocycles. The number of hydrogen-bond donors (Lipinski definition) is 3. The van der Waals surface area contributed by atoms with Gasteiger partial charge in [-0.15, -0.1) is 0 Å². The van der Waals surface area contributed by atoms with Gasteiger partial charge in [0.1, 0.15) is 11.0 Å². The number of nitrogens with two attached hydrogens (primary N) is 1. The van der Waals surface area contributed by atoms with Gasteiger partial charge >= 0.3 is 0 Å². The average molecular weight is 320 g/mol. The van der Waals surface area contributed by atoms with Crippen LogP contribution in [-0.2, 0) is 4.79 Å².